The molecule has 2 fully saturated rings. The van der Waals surface area contributed by atoms with E-state index in [0.29, 0.717) is 17.9 Å². The minimum Gasteiger partial charge on any atom is -0.340 e. The molecule has 3 nitrogen and oxygen atoms in total. The van der Waals surface area contributed by atoms with E-state index in [0.717, 1.165) is 44.0 Å². The molecule has 15 heavy (non-hydrogen) atoms. The summed E-state index contributed by atoms with van der Waals surface area (Å²) in [7, 11) is 0. The van der Waals surface area contributed by atoms with Crippen molar-refractivity contribution in [1.82, 2.24) is 10.2 Å². The van der Waals surface area contributed by atoms with Gasteiger partial charge in [-0.25, -0.2) is 0 Å². The fourth-order valence-electron chi connectivity index (χ4n) is 2.34. The molecule has 1 atom stereocenters. The van der Waals surface area contributed by atoms with Gasteiger partial charge in [0, 0.05) is 31.6 Å². The van der Waals surface area contributed by atoms with E-state index in [2.05, 4.69) is 17.1 Å². The Balaban J connectivity index is 1.88. The summed E-state index contributed by atoms with van der Waals surface area (Å²) in [6.45, 7) is 4.89. The van der Waals surface area contributed by atoms with E-state index in [9.17, 15) is 4.79 Å². The predicted octanol–water partition coefficient (Wildman–Crippen LogP) is 0.950. The van der Waals surface area contributed by atoms with E-state index < -0.39 is 0 Å². The molecule has 0 radical (unpaired) electrons. The molecule has 2 aliphatic heterocycles. The lowest BCUT2D eigenvalue weighted by molar-refractivity contribution is -0.136. The number of rotatable bonds is 1. The molecule has 86 valence electrons. The Bertz CT molecular complexity index is 229. The molecule has 0 bridgehead atoms. The van der Waals surface area contributed by atoms with Gasteiger partial charge < -0.3 is 10.2 Å². The maximum absolute atomic E-state index is 12.2. The summed E-state index contributed by atoms with van der Waals surface area (Å²) in [6, 6.07) is 0.459. The highest BCUT2D eigenvalue weighted by Gasteiger charge is 2.28. The molecule has 1 N–H and O–H groups in total. The van der Waals surface area contributed by atoms with E-state index in [1.807, 2.05) is 11.8 Å². The van der Waals surface area contributed by atoms with Gasteiger partial charge in [-0.1, -0.05) is 0 Å². The molecule has 2 aliphatic rings. The molecule has 0 spiro atoms. The van der Waals surface area contributed by atoms with Crippen molar-refractivity contribution in [3.05, 3.63) is 0 Å². The Hall–Kier alpha value is -0.220. The molecular weight excluding hydrogens is 208 g/mol. The SMILES string of the molecule is CC1CN(C(=O)C2CCSCC2)CCN1. The summed E-state index contributed by atoms with van der Waals surface area (Å²) >= 11 is 1.98. The Morgan fingerprint density at radius 2 is 2.13 bits per heavy atom. The molecule has 0 aliphatic carbocycles. The number of piperazine rings is 1. The first-order valence-electron chi connectivity index (χ1n) is 5.87. The van der Waals surface area contributed by atoms with Crippen molar-refractivity contribution in [2.75, 3.05) is 31.1 Å². The minimum absolute atomic E-state index is 0.316. The van der Waals surface area contributed by atoms with E-state index >= 15 is 0 Å². The molecule has 4 heteroatoms. The average Bonchev–Trinajstić information content (AvgIpc) is 2.29. The normalized spacial score (nSPS) is 29.1. The van der Waals surface area contributed by atoms with Gasteiger partial charge in [-0.15, -0.1) is 0 Å². The van der Waals surface area contributed by atoms with Crippen molar-refractivity contribution in [1.29, 1.82) is 0 Å². The van der Waals surface area contributed by atoms with Gasteiger partial charge in [0.05, 0.1) is 0 Å². The number of carbonyl (C=O) groups is 1. The monoisotopic (exact) mass is 228 g/mol. The van der Waals surface area contributed by atoms with Gasteiger partial charge in [0.25, 0.3) is 0 Å². The second-order valence-electron chi connectivity index (χ2n) is 4.53. The van der Waals surface area contributed by atoms with Gasteiger partial charge in [-0.3, -0.25) is 4.79 Å². The summed E-state index contributed by atoms with van der Waals surface area (Å²) in [5.74, 6) is 3.05. The first kappa shape index (κ1) is 11.3. The molecule has 2 rings (SSSR count). The molecular formula is C11H20N2OS. The summed E-state index contributed by atoms with van der Waals surface area (Å²) < 4.78 is 0. The second-order valence-corrected chi connectivity index (χ2v) is 5.75. The van der Waals surface area contributed by atoms with Crippen LogP contribution >= 0.6 is 11.8 Å². The standard InChI is InChI=1S/C11H20N2OS/c1-9-8-13(5-4-12-9)11(14)10-2-6-15-7-3-10/h9-10,12H,2-8H2,1H3. The lowest BCUT2D eigenvalue weighted by Crippen LogP contribution is -2.53. The summed E-state index contributed by atoms with van der Waals surface area (Å²) in [4.78, 5) is 14.2. The minimum atomic E-state index is 0.316. The number of nitrogens with zero attached hydrogens (tertiary/aromatic N) is 1. The highest BCUT2D eigenvalue weighted by Crippen LogP contribution is 2.24. The maximum Gasteiger partial charge on any atom is 0.225 e. The third kappa shape index (κ3) is 2.88. The quantitative estimate of drug-likeness (QED) is 0.725. The molecule has 2 heterocycles. The molecule has 0 aromatic rings. The van der Waals surface area contributed by atoms with Gasteiger partial charge in [0.2, 0.25) is 5.91 Å². The second kappa shape index (κ2) is 5.21. The first-order chi connectivity index (χ1) is 7.27. The third-order valence-electron chi connectivity index (χ3n) is 3.25. The van der Waals surface area contributed by atoms with E-state index in [-0.39, 0.29) is 0 Å². The molecule has 2 saturated heterocycles. The van der Waals surface area contributed by atoms with Crippen molar-refractivity contribution in [3.63, 3.8) is 0 Å². The average molecular weight is 228 g/mol. The van der Waals surface area contributed by atoms with Crippen LogP contribution in [0.5, 0.6) is 0 Å². The van der Waals surface area contributed by atoms with E-state index in [1.165, 1.54) is 0 Å². The van der Waals surface area contributed by atoms with Gasteiger partial charge in [-0.05, 0) is 31.3 Å². The highest BCUT2D eigenvalue weighted by atomic mass is 32.2. The summed E-state index contributed by atoms with van der Waals surface area (Å²) in [5, 5.41) is 3.37. The number of thioether (sulfide) groups is 1. The van der Waals surface area contributed by atoms with Crippen LogP contribution in [-0.2, 0) is 4.79 Å². The van der Waals surface area contributed by atoms with Crippen LogP contribution in [0.3, 0.4) is 0 Å². The van der Waals surface area contributed by atoms with Gasteiger partial charge in [-0.2, -0.15) is 11.8 Å². The number of hydrogen-bond acceptors (Lipinski definition) is 3. The maximum atomic E-state index is 12.2. The fourth-order valence-corrected chi connectivity index (χ4v) is 3.44. The molecule has 1 amide bonds. The van der Waals surface area contributed by atoms with Crippen molar-refractivity contribution in [2.24, 2.45) is 5.92 Å². The van der Waals surface area contributed by atoms with Crippen molar-refractivity contribution in [2.45, 2.75) is 25.8 Å². The zero-order valence-electron chi connectivity index (χ0n) is 9.37. The van der Waals surface area contributed by atoms with Gasteiger partial charge >= 0.3 is 0 Å². The first-order valence-corrected chi connectivity index (χ1v) is 7.03. The van der Waals surface area contributed by atoms with E-state index in [1.54, 1.807) is 0 Å². The molecule has 0 saturated carbocycles. The van der Waals surface area contributed by atoms with Crippen molar-refractivity contribution >= 4 is 17.7 Å². The Kier molecular flexibility index (Phi) is 3.92. The zero-order chi connectivity index (χ0) is 10.7. The van der Waals surface area contributed by atoms with Crippen LogP contribution in [0.4, 0.5) is 0 Å². The van der Waals surface area contributed by atoms with Crippen LogP contribution in [0, 0.1) is 5.92 Å². The lowest BCUT2D eigenvalue weighted by atomic mass is 10.0. The number of nitrogens with one attached hydrogen (secondary N) is 1. The van der Waals surface area contributed by atoms with Crippen LogP contribution in [0.25, 0.3) is 0 Å². The summed E-state index contributed by atoms with van der Waals surface area (Å²) in [6.07, 6.45) is 2.17. The molecule has 0 aromatic carbocycles. The summed E-state index contributed by atoms with van der Waals surface area (Å²) in [5.41, 5.74) is 0. The Morgan fingerprint density at radius 3 is 2.80 bits per heavy atom. The van der Waals surface area contributed by atoms with Crippen LogP contribution in [-0.4, -0.2) is 48.0 Å². The topological polar surface area (TPSA) is 32.3 Å². The van der Waals surface area contributed by atoms with Crippen LogP contribution < -0.4 is 5.32 Å². The molecule has 1 unspecified atom stereocenters. The van der Waals surface area contributed by atoms with Crippen LogP contribution in [0.2, 0.25) is 0 Å². The van der Waals surface area contributed by atoms with Crippen molar-refractivity contribution < 1.29 is 4.79 Å². The van der Waals surface area contributed by atoms with Gasteiger partial charge in [0.1, 0.15) is 0 Å². The highest BCUT2D eigenvalue weighted by molar-refractivity contribution is 7.99. The van der Waals surface area contributed by atoms with Gasteiger partial charge in [0.15, 0.2) is 0 Å². The Morgan fingerprint density at radius 1 is 1.40 bits per heavy atom. The fraction of sp³-hybridized carbons (Fsp3) is 0.909. The number of carbonyl (C=O) groups excluding carboxylic acids is 1. The van der Waals surface area contributed by atoms with E-state index in [4.69, 9.17) is 0 Å². The lowest BCUT2D eigenvalue weighted by Gasteiger charge is -2.35. The number of hydrogen-bond donors (Lipinski definition) is 1. The zero-order valence-corrected chi connectivity index (χ0v) is 10.2. The molecule has 0 aromatic heterocycles. The van der Waals surface area contributed by atoms with Crippen LogP contribution in [0.1, 0.15) is 19.8 Å². The smallest absolute Gasteiger partial charge is 0.225 e. The number of amides is 1. The largest absolute Gasteiger partial charge is 0.340 e. The third-order valence-corrected chi connectivity index (χ3v) is 4.30. The predicted molar refractivity (Wildman–Crippen MR) is 64.1 cm³/mol. The Labute approximate surface area is 96.0 Å². The van der Waals surface area contributed by atoms with Crippen LogP contribution in [0.15, 0.2) is 0 Å². The van der Waals surface area contributed by atoms with Crippen molar-refractivity contribution in [3.8, 4) is 0 Å².